The predicted molar refractivity (Wildman–Crippen MR) is 128 cm³/mol. The van der Waals surface area contributed by atoms with E-state index in [0.717, 1.165) is 23.2 Å². The molecular weight excluding hydrogens is 438 g/mol. The molecule has 0 aliphatic carbocycles. The number of benzene rings is 3. The molecule has 2 heterocycles. The van der Waals surface area contributed by atoms with E-state index in [0.29, 0.717) is 17.7 Å². The summed E-state index contributed by atoms with van der Waals surface area (Å²) in [6.07, 6.45) is 2.12. The van der Waals surface area contributed by atoms with Crippen molar-refractivity contribution in [3.8, 4) is 0 Å². The van der Waals surface area contributed by atoms with Gasteiger partial charge in [-0.15, -0.1) is 0 Å². The van der Waals surface area contributed by atoms with Crippen LogP contribution in [0.5, 0.6) is 0 Å². The summed E-state index contributed by atoms with van der Waals surface area (Å²) in [5, 5.41) is 0.140. The van der Waals surface area contributed by atoms with Gasteiger partial charge in [-0.25, -0.2) is 8.42 Å². The smallest absolute Gasteiger partial charge is 0.263 e. The molecule has 0 saturated heterocycles. The van der Waals surface area contributed by atoms with Gasteiger partial charge in [0, 0.05) is 29.3 Å². The van der Waals surface area contributed by atoms with Crippen molar-refractivity contribution in [3.05, 3.63) is 99.8 Å². The molecular formula is C25H21N3O4S. The molecule has 0 unspecified atom stereocenters. The van der Waals surface area contributed by atoms with Crippen molar-refractivity contribution < 1.29 is 13.2 Å². The fourth-order valence-corrected chi connectivity index (χ4v) is 5.27. The second-order valence-electron chi connectivity index (χ2n) is 7.99. The van der Waals surface area contributed by atoms with Crippen LogP contribution in [0.2, 0.25) is 0 Å². The zero-order valence-electron chi connectivity index (χ0n) is 17.8. The van der Waals surface area contributed by atoms with Crippen molar-refractivity contribution in [2.24, 2.45) is 0 Å². The largest absolute Gasteiger partial charge is 0.360 e. The number of nitrogens with zero attached hydrogens (tertiary/aromatic N) is 1. The van der Waals surface area contributed by atoms with E-state index >= 15 is 0 Å². The summed E-state index contributed by atoms with van der Waals surface area (Å²) < 4.78 is 28.5. The van der Waals surface area contributed by atoms with Crippen molar-refractivity contribution in [3.63, 3.8) is 0 Å². The normalized spacial score (nSPS) is 13.2. The monoisotopic (exact) mass is 459 g/mol. The fraction of sp³-hybridized carbons (Fsp3) is 0.120. The first-order valence-corrected chi connectivity index (χ1v) is 12.0. The lowest BCUT2D eigenvalue weighted by Crippen LogP contribution is -2.33. The Bertz CT molecular complexity index is 1570. The molecule has 2 N–H and O–H groups in total. The number of amides is 1. The van der Waals surface area contributed by atoms with Gasteiger partial charge in [-0.2, -0.15) is 0 Å². The summed E-state index contributed by atoms with van der Waals surface area (Å²) in [5.74, 6) is -0.408. The van der Waals surface area contributed by atoms with Crippen LogP contribution in [0.25, 0.3) is 10.9 Å². The number of H-pyrrole nitrogens is 1. The Hall–Kier alpha value is -3.91. The molecule has 0 fully saturated rings. The number of hydrogen-bond donors (Lipinski definition) is 2. The van der Waals surface area contributed by atoms with Gasteiger partial charge in [0.2, 0.25) is 5.43 Å². The number of aromatic amines is 1. The third kappa shape index (κ3) is 3.68. The van der Waals surface area contributed by atoms with Crippen LogP contribution in [0.3, 0.4) is 0 Å². The Kier molecular flexibility index (Phi) is 5.02. The zero-order valence-corrected chi connectivity index (χ0v) is 18.6. The van der Waals surface area contributed by atoms with E-state index in [9.17, 15) is 18.0 Å². The number of rotatable bonds is 4. The molecule has 3 aromatic carbocycles. The molecule has 7 nitrogen and oxygen atoms in total. The number of nitrogens with one attached hydrogen (secondary N) is 2. The summed E-state index contributed by atoms with van der Waals surface area (Å²) in [4.78, 5) is 31.0. The molecule has 1 aliphatic heterocycles. The fourth-order valence-electron chi connectivity index (χ4n) is 4.11. The first kappa shape index (κ1) is 21.0. The van der Waals surface area contributed by atoms with E-state index in [1.165, 1.54) is 24.4 Å². The topological polar surface area (TPSA) is 99.3 Å². The van der Waals surface area contributed by atoms with Crippen LogP contribution in [0.1, 0.15) is 21.5 Å². The van der Waals surface area contributed by atoms with E-state index in [4.69, 9.17) is 0 Å². The average molecular weight is 460 g/mol. The van der Waals surface area contributed by atoms with Crippen molar-refractivity contribution in [2.75, 3.05) is 16.2 Å². The van der Waals surface area contributed by atoms with Crippen LogP contribution >= 0.6 is 0 Å². The number of aromatic nitrogens is 1. The zero-order chi connectivity index (χ0) is 23.2. The number of carbonyl (C=O) groups is 1. The SMILES string of the molecule is Cc1ccccc1NS(=O)(=O)c1ccc2[nH]cc(C(=O)N3CCc4ccccc43)c(=O)c2c1. The van der Waals surface area contributed by atoms with E-state index in [-0.39, 0.29) is 15.8 Å². The number of anilines is 2. The summed E-state index contributed by atoms with van der Waals surface area (Å²) in [6, 6.07) is 18.9. The second-order valence-corrected chi connectivity index (χ2v) is 9.68. The lowest BCUT2D eigenvalue weighted by molar-refractivity contribution is 0.0988. The minimum atomic E-state index is -3.93. The van der Waals surface area contributed by atoms with Crippen molar-refractivity contribution in [2.45, 2.75) is 18.2 Å². The number of hydrogen-bond acceptors (Lipinski definition) is 4. The molecule has 0 bridgehead atoms. The Labute approximate surface area is 190 Å². The summed E-state index contributed by atoms with van der Waals surface area (Å²) in [5.41, 5.74) is 3.00. The van der Waals surface area contributed by atoms with Gasteiger partial charge >= 0.3 is 0 Å². The third-order valence-electron chi connectivity index (χ3n) is 5.91. The highest BCUT2D eigenvalue weighted by atomic mass is 32.2. The first-order valence-electron chi connectivity index (χ1n) is 10.5. The Balaban J connectivity index is 1.54. The molecule has 0 saturated carbocycles. The van der Waals surface area contributed by atoms with Gasteiger partial charge in [0.15, 0.2) is 0 Å². The molecule has 1 amide bonds. The quantitative estimate of drug-likeness (QED) is 0.484. The van der Waals surface area contributed by atoms with E-state index in [2.05, 4.69) is 9.71 Å². The van der Waals surface area contributed by atoms with Gasteiger partial charge in [0.1, 0.15) is 5.56 Å². The van der Waals surface area contributed by atoms with Crippen molar-refractivity contribution >= 4 is 38.2 Å². The molecule has 0 atom stereocenters. The Morgan fingerprint density at radius 1 is 1.03 bits per heavy atom. The maximum atomic E-state index is 13.2. The Morgan fingerprint density at radius 3 is 2.61 bits per heavy atom. The molecule has 0 spiro atoms. The summed E-state index contributed by atoms with van der Waals surface area (Å²) in [6.45, 7) is 2.29. The highest BCUT2D eigenvalue weighted by Gasteiger charge is 2.27. The minimum absolute atomic E-state index is 0.0272. The maximum Gasteiger partial charge on any atom is 0.263 e. The Morgan fingerprint density at radius 2 is 1.79 bits per heavy atom. The van der Waals surface area contributed by atoms with Crippen molar-refractivity contribution in [1.29, 1.82) is 0 Å². The standard InChI is InChI=1S/C25H21N3O4S/c1-16-6-2-4-8-21(16)27-33(31,32)18-10-11-22-19(14-18)24(29)20(15-26-22)25(30)28-13-12-17-7-3-5-9-23(17)28/h2-11,14-15,27H,12-13H2,1H3,(H,26,29). The highest BCUT2D eigenvalue weighted by molar-refractivity contribution is 7.92. The van der Waals surface area contributed by atoms with Gasteiger partial charge in [-0.1, -0.05) is 36.4 Å². The van der Waals surface area contributed by atoms with Crippen LogP contribution in [-0.4, -0.2) is 25.9 Å². The van der Waals surface area contributed by atoms with Crippen LogP contribution in [0.15, 0.2) is 82.6 Å². The first-order chi connectivity index (χ1) is 15.8. The lowest BCUT2D eigenvalue weighted by Gasteiger charge is -2.17. The van der Waals surface area contributed by atoms with Gasteiger partial charge in [-0.05, 0) is 54.8 Å². The second kappa shape index (κ2) is 7.90. The minimum Gasteiger partial charge on any atom is -0.360 e. The lowest BCUT2D eigenvalue weighted by atomic mass is 10.1. The molecule has 1 aromatic heterocycles. The maximum absolute atomic E-state index is 13.2. The van der Waals surface area contributed by atoms with E-state index < -0.39 is 21.4 Å². The number of sulfonamides is 1. The molecule has 33 heavy (non-hydrogen) atoms. The van der Waals surface area contributed by atoms with E-state index in [1.807, 2.05) is 30.3 Å². The van der Waals surface area contributed by atoms with Crippen LogP contribution in [0.4, 0.5) is 11.4 Å². The van der Waals surface area contributed by atoms with Gasteiger partial charge in [0.05, 0.1) is 10.6 Å². The number of fused-ring (bicyclic) bond motifs is 2. The van der Waals surface area contributed by atoms with Crippen LogP contribution in [0, 0.1) is 6.92 Å². The van der Waals surface area contributed by atoms with Crippen molar-refractivity contribution in [1.82, 2.24) is 4.98 Å². The molecule has 166 valence electrons. The third-order valence-corrected chi connectivity index (χ3v) is 7.28. The van der Waals surface area contributed by atoms with Crippen LogP contribution in [-0.2, 0) is 16.4 Å². The highest BCUT2D eigenvalue weighted by Crippen LogP contribution is 2.29. The van der Waals surface area contributed by atoms with E-state index in [1.54, 1.807) is 30.0 Å². The summed E-state index contributed by atoms with van der Waals surface area (Å²) in [7, 11) is -3.93. The van der Waals surface area contributed by atoms with Crippen LogP contribution < -0.4 is 15.1 Å². The number of para-hydroxylation sites is 2. The number of carbonyl (C=O) groups excluding carboxylic acids is 1. The van der Waals surface area contributed by atoms with Gasteiger partial charge in [-0.3, -0.25) is 14.3 Å². The molecule has 4 aromatic rings. The molecule has 0 radical (unpaired) electrons. The average Bonchev–Trinajstić information content (AvgIpc) is 3.24. The van der Waals surface area contributed by atoms with Gasteiger partial charge in [0.25, 0.3) is 15.9 Å². The molecule has 5 rings (SSSR count). The predicted octanol–water partition coefficient (Wildman–Crippen LogP) is 3.84. The molecule has 1 aliphatic rings. The molecule has 8 heteroatoms. The number of pyridine rings is 1. The number of aryl methyl sites for hydroxylation is 1. The summed E-state index contributed by atoms with van der Waals surface area (Å²) >= 11 is 0. The van der Waals surface area contributed by atoms with Gasteiger partial charge < -0.3 is 9.88 Å².